The first-order valence-corrected chi connectivity index (χ1v) is 9.16. The van der Waals surface area contributed by atoms with Gasteiger partial charge in [0.1, 0.15) is 30.4 Å². The Balaban J connectivity index is 1.83. The Morgan fingerprint density at radius 3 is 2.67 bits per heavy atom. The summed E-state index contributed by atoms with van der Waals surface area (Å²) in [6.07, 6.45) is 1.77. The van der Waals surface area contributed by atoms with Gasteiger partial charge in [-0.25, -0.2) is 9.98 Å². The molecule has 0 aliphatic carbocycles. The zero-order valence-corrected chi connectivity index (χ0v) is 16.8. The largest absolute Gasteiger partial charge is 0.497 e. The molecule has 0 radical (unpaired) electrons. The van der Waals surface area contributed by atoms with E-state index in [1.165, 1.54) is 0 Å². The molecule has 0 spiro atoms. The second kappa shape index (κ2) is 9.85. The Labute approximate surface area is 161 Å². The van der Waals surface area contributed by atoms with Crippen molar-refractivity contribution in [2.45, 2.75) is 39.7 Å². The minimum Gasteiger partial charge on any atom is -0.497 e. The lowest BCUT2D eigenvalue weighted by Crippen LogP contribution is -2.39. The van der Waals surface area contributed by atoms with Gasteiger partial charge in [-0.2, -0.15) is 0 Å². The van der Waals surface area contributed by atoms with E-state index in [2.05, 4.69) is 41.4 Å². The molecule has 2 rings (SSSR count). The maximum Gasteiger partial charge on any atom is 0.216 e. The maximum absolute atomic E-state index is 5.77. The zero-order chi connectivity index (χ0) is 19.7. The summed E-state index contributed by atoms with van der Waals surface area (Å²) in [5, 5.41) is 6.44. The lowest BCUT2D eigenvalue weighted by atomic mass is 9.94. The van der Waals surface area contributed by atoms with Crippen LogP contribution in [0.1, 0.15) is 39.3 Å². The highest BCUT2D eigenvalue weighted by Gasteiger charge is 2.18. The summed E-state index contributed by atoms with van der Waals surface area (Å²) < 4.78 is 16.7. The summed E-state index contributed by atoms with van der Waals surface area (Å²) >= 11 is 0. The molecular weight excluding hydrogens is 344 g/mol. The van der Waals surface area contributed by atoms with Crippen molar-refractivity contribution >= 4 is 5.96 Å². The molecule has 7 nitrogen and oxygen atoms in total. The molecule has 27 heavy (non-hydrogen) atoms. The predicted molar refractivity (Wildman–Crippen MR) is 107 cm³/mol. The van der Waals surface area contributed by atoms with E-state index < -0.39 is 0 Å². The minimum absolute atomic E-state index is 0.0603. The van der Waals surface area contributed by atoms with Crippen molar-refractivity contribution in [2.24, 2.45) is 4.99 Å². The molecule has 1 aromatic heterocycles. The summed E-state index contributed by atoms with van der Waals surface area (Å²) in [4.78, 5) is 8.81. The number of hydrogen-bond donors (Lipinski definition) is 2. The van der Waals surface area contributed by atoms with Gasteiger partial charge < -0.3 is 24.5 Å². The van der Waals surface area contributed by atoms with Gasteiger partial charge in [0, 0.05) is 18.0 Å². The van der Waals surface area contributed by atoms with Gasteiger partial charge in [0.25, 0.3) is 0 Å². The number of aliphatic imine (C=N–C) groups is 1. The molecule has 0 aliphatic heterocycles. The second-order valence-corrected chi connectivity index (χ2v) is 7.02. The van der Waals surface area contributed by atoms with Crippen LogP contribution in [0.25, 0.3) is 0 Å². The van der Waals surface area contributed by atoms with Gasteiger partial charge in [0.05, 0.1) is 19.9 Å². The average molecular weight is 374 g/mol. The highest BCUT2D eigenvalue weighted by atomic mass is 16.5. The van der Waals surface area contributed by atoms with Crippen LogP contribution in [0.4, 0.5) is 0 Å². The van der Waals surface area contributed by atoms with Crippen LogP contribution in [-0.4, -0.2) is 37.7 Å². The third kappa shape index (κ3) is 6.84. The van der Waals surface area contributed by atoms with Crippen molar-refractivity contribution < 1.29 is 13.9 Å². The molecule has 0 atom stereocenters. The average Bonchev–Trinajstić information content (AvgIpc) is 3.13. The van der Waals surface area contributed by atoms with Crippen LogP contribution < -0.4 is 20.1 Å². The quantitative estimate of drug-likeness (QED) is 0.420. The normalized spacial score (nSPS) is 12.0. The molecule has 7 heteroatoms. The van der Waals surface area contributed by atoms with E-state index in [9.17, 15) is 0 Å². The third-order valence-corrected chi connectivity index (χ3v) is 3.71. The summed E-state index contributed by atoms with van der Waals surface area (Å²) in [5.74, 6) is 3.70. The van der Waals surface area contributed by atoms with Crippen molar-refractivity contribution in [3.8, 4) is 11.5 Å². The van der Waals surface area contributed by atoms with E-state index in [0.717, 1.165) is 23.8 Å². The van der Waals surface area contributed by atoms with Gasteiger partial charge in [0.2, 0.25) is 5.89 Å². The lowest BCUT2D eigenvalue weighted by molar-refractivity contribution is 0.319. The Morgan fingerprint density at radius 2 is 2.00 bits per heavy atom. The number of oxazole rings is 1. The molecule has 0 amide bonds. The van der Waals surface area contributed by atoms with E-state index in [1.807, 2.05) is 31.2 Å². The van der Waals surface area contributed by atoms with Crippen molar-refractivity contribution in [2.75, 3.05) is 26.8 Å². The molecule has 0 saturated heterocycles. The molecule has 1 aromatic carbocycles. The van der Waals surface area contributed by atoms with Crippen molar-refractivity contribution in [3.05, 3.63) is 42.1 Å². The molecule has 0 saturated carbocycles. The first-order chi connectivity index (χ1) is 12.9. The topological polar surface area (TPSA) is 80.9 Å². The van der Waals surface area contributed by atoms with E-state index in [-0.39, 0.29) is 5.41 Å². The van der Waals surface area contributed by atoms with Crippen molar-refractivity contribution in [3.63, 3.8) is 0 Å². The minimum atomic E-state index is -0.0603. The van der Waals surface area contributed by atoms with Crippen LogP contribution >= 0.6 is 0 Å². The van der Waals surface area contributed by atoms with Crippen LogP contribution in [-0.2, 0) is 12.0 Å². The first-order valence-electron chi connectivity index (χ1n) is 9.16. The molecule has 0 bridgehead atoms. The number of hydrogen-bond acceptors (Lipinski definition) is 5. The molecule has 0 fully saturated rings. The fourth-order valence-corrected chi connectivity index (χ4v) is 2.25. The van der Waals surface area contributed by atoms with Crippen LogP contribution in [0, 0.1) is 0 Å². The summed E-state index contributed by atoms with van der Waals surface area (Å²) in [5.41, 5.74) is -0.0603. The molecule has 2 aromatic rings. The number of nitrogens with one attached hydrogen (secondary N) is 2. The monoisotopic (exact) mass is 374 g/mol. The molecule has 1 heterocycles. The van der Waals surface area contributed by atoms with Gasteiger partial charge in [0.15, 0.2) is 5.96 Å². The first kappa shape index (κ1) is 20.6. The van der Waals surface area contributed by atoms with E-state index in [1.54, 1.807) is 13.3 Å². The smallest absolute Gasteiger partial charge is 0.216 e. The molecule has 2 N–H and O–H groups in total. The zero-order valence-electron chi connectivity index (χ0n) is 16.8. The van der Waals surface area contributed by atoms with Crippen molar-refractivity contribution in [1.29, 1.82) is 0 Å². The molecule has 0 unspecified atom stereocenters. The summed E-state index contributed by atoms with van der Waals surface area (Å²) in [6.45, 7) is 10.6. The fourth-order valence-electron chi connectivity index (χ4n) is 2.25. The number of guanidine groups is 1. The van der Waals surface area contributed by atoms with E-state index in [0.29, 0.717) is 31.5 Å². The highest BCUT2D eigenvalue weighted by Crippen LogP contribution is 2.22. The SMILES string of the molecule is CCNC(=NCc1ncc(C(C)(C)C)o1)NCCOc1cccc(OC)c1. The van der Waals surface area contributed by atoms with Crippen LogP contribution in [0.15, 0.2) is 39.9 Å². The number of aromatic nitrogens is 1. The Bertz CT molecular complexity index is 735. The van der Waals surface area contributed by atoms with Crippen LogP contribution in [0.5, 0.6) is 11.5 Å². The maximum atomic E-state index is 5.77. The molecule has 0 aliphatic rings. The number of benzene rings is 1. The van der Waals surface area contributed by atoms with Gasteiger partial charge in [-0.1, -0.05) is 26.8 Å². The van der Waals surface area contributed by atoms with Gasteiger partial charge in [-0.3, -0.25) is 0 Å². The van der Waals surface area contributed by atoms with Crippen LogP contribution in [0.3, 0.4) is 0 Å². The molecular formula is C20H30N4O3. The lowest BCUT2D eigenvalue weighted by Gasteiger charge is -2.13. The Morgan fingerprint density at radius 1 is 1.22 bits per heavy atom. The van der Waals surface area contributed by atoms with Crippen molar-refractivity contribution in [1.82, 2.24) is 15.6 Å². The van der Waals surface area contributed by atoms with Crippen LogP contribution in [0.2, 0.25) is 0 Å². The Kier molecular flexibility index (Phi) is 7.52. The Hall–Kier alpha value is -2.70. The highest BCUT2D eigenvalue weighted by molar-refractivity contribution is 5.79. The summed E-state index contributed by atoms with van der Waals surface area (Å²) in [6, 6.07) is 7.54. The third-order valence-electron chi connectivity index (χ3n) is 3.71. The second-order valence-electron chi connectivity index (χ2n) is 7.02. The summed E-state index contributed by atoms with van der Waals surface area (Å²) in [7, 11) is 1.64. The van der Waals surface area contributed by atoms with Gasteiger partial charge in [-0.05, 0) is 19.1 Å². The standard InChI is InChI=1S/C20H30N4O3/c1-6-21-19(24-14-18-23-13-17(27-18)20(2,3)4)22-10-11-26-16-9-7-8-15(12-16)25-5/h7-9,12-13H,6,10-11,14H2,1-5H3,(H2,21,22,24). The van der Waals surface area contributed by atoms with E-state index >= 15 is 0 Å². The predicted octanol–water partition coefficient (Wildman–Crippen LogP) is 3.11. The molecule has 148 valence electrons. The number of rotatable bonds is 8. The van der Waals surface area contributed by atoms with Gasteiger partial charge in [-0.15, -0.1) is 0 Å². The number of methoxy groups -OCH3 is 1. The number of nitrogens with zero attached hydrogens (tertiary/aromatic N) is 2. The van der Waals surface area contributed by atoms with Gasteiger partial charge >= 0.3 is 0 Å². The fraction of sp³-hybridized carbons (Fsp3) is 0.500. The van der Waals surface area contributed by atoms with E-state index in [4.69, 9.17) is 13.9 Å². The number of ether oxygens (including phenoxy) is 2.